The molecule has 1 aromatic rings. The highest BCUT2D eigenvalue weighted by atomic mass is 35.5. The molecule has 1 aromatic carbocycles. The number of nitrogens with zero attached hydrogens (tertiary/aromatic N) is 1. The lowest BCUT2D eigenvalue weighted by Gasteiger charge is -2.38. The number of nitrogen functional groups attached to an aromatic ring is 1. The van der Waals surface area contributed by atoms with Gasteiger partial charge in [0, 0.05) is 17.8 Å². The molecule has 4 nitrogen and oxygen atoms in total. The first-order valence-electron chi connectivity index (χ1n) is 6.53. The predicted octanol–water partition coefficient (Wildman–Crippen LogP) is 3.53. The first-order valence-corrected chi connectivity index (χ1v) is 8.72. The summed E-state index contributed by atoms with van der Waals surface area (Å²) in [5.74, 6) is 0. The lowest BCUT2D eigenvalue weighted by molar-refractivity contribution is 0.204. The summed E-state index contributed by atoms with van der Waals surface area (Å²) in [7, 11) is -3.72. The number of halogens is 2. The van der Waals surface area contributed by atoms with Gasteiger partial charge in [-0.25, -0.2) is 8.42 Å². The van der Waals surface area contributed by atoms with Gasteiger partial charge in [0.05, 0.1) is 10.0 Å². The van der Waals surface area contributed by atoms with Crippen LogP contribution in [0.1, 0.15) is 33.1 Å². The van der Waals surface area contributed by atoms with E-state index in [1.165, 1.54) is 16.4 Å². The number of nitrogens with two attached hydrogens (primary N) is 1. The first kappa shape index (κ1) is 15.9. The van der Waals surface area contributed by atoms with Crippen LogP contribution in [0.25, 0.3) is 0 Å². The van der Waals surface area contributed by atoms with Crippen LogP contribution in [0.5, 0.6) is 0 Å². The van der Waals surface area contributed by atoms with E-state index in [4.69, 9.17) is 28.9 Å². The number of sulfonamides is 1. The van der Waals surface area contributed by atoms with Crippen molar-refractivity contribution in [3.8, 4) is 0 Å². The lowest BCUT2D eigenvalue weighted by Crippen LogP contribution is -2.47. The molecule has 0 radical (unpaired) electrons. The Morgan fingerprint density at radius 2 is 1.60 bits per heavy atom. The largest absolute Gasteiger partial charge is 0.399 e. The first-order chi connectivity index (χ1) is 9.25. The van der Waals surface area contributed by atoms with Crippen molar-refractivity contribution in [1.82, 2.24) is 4.31 Å². The molecule has 0 saturated carbocycles. The van der Waals surface area contributed by atoms with E-state index < -0.39 is 10.0 Å². The van der Waals surface area contributed by atoms with Crippen molar-refractivity contribution in [3.63, 3.8) is 0 Å². The number of hydrogen-bond acceptors (Lipinski definition) is 3. The van der Waals surface area contributed by atoms with Gasteiger partial charge in [-0.2, -0.15) is 4.31 Å². The van der Waals surface area contributed by atoms with Crippen LogP contribution in [0.4, 0.5) is 5.69 Å². The molecule has 1 heterocycles. The zero-order valence-electron chi connectivity index (χ0n) is 11.4. The summed E-state index contributed by atoms with van der Waals surface area (Å²) < 4.78 is 27.3. The van der Waals surface area contributed by atoms with Gasteiger partial charge in [0.2, 0.25) is 10.0 Å². The minimum absolute atomic E-state index is 0.0457. The van der Waals surface area contributed by atoms with Crippen LogP contribution < -0.4 is 5.73 Å². The van der Waals surface area contributed by atoms with Crippen LogP contribution in [-0.2, 0) is 10.0 Å². The summed E-state index contributed by atoms with van der Waals surface area (Å²) in [6.07, 6.45) is 2.71. The van der Waals surface area contributed by atoms with Crippen molar-refractivity contribution in [1.29, 1.82) is 0 Å². The Kier molecular flexibility index (Phi) is 4.54. The molecule has 0 unspecified atom stereocenters. The number of hydrogen-bond donors (Lipinski definition) is 1. The Balaban J connectivity index is 2.55. The molecule has 0 aromatic heterocycles. The number of rotatable bonds is 2. The molecule has 112 valence electrons. The molecular formula is C13H18Cl2N2O2S. The van der Waals surface area contributed by atoms with Gasteiger partial charge in [0.15, 0.2) is 0 Å². The van der Waals surface area contributed by atoms with Crippen molar-refractivity contribution in [2.75, 3.05) is 5.73 Å². The van der Waals surface area contributed by atoms with Gasteiger partial charge in [-0.3, -0.25) is 0 Å². The molecule has 2 rings (SSSR count). The highest BCUT2D eigenvalue weighted by molar-refractivity contribution is 7.89. The lowest BCUT2D eigenvalue weighted by atomic mass is 10.0. The van der Waals surface area contributed by atoms with Crippen molar-refractivity contribution in [2.45, 2.75) is 50.1 Å². The highest BCUT2D eigenvalue weighted by Gasteiger charge is 2.38. The van der Waals surface area contributed by atoms with E-state index in [1.807, 2.05) is 13.8 Å². The van der Waals surface area contributed by atoms with Crippen LogP contribution in [0, 0.1) is 0 Å². The maximum atomic E-state index is 12.9. The van der Waals surface area contributed by atoms with Crippen molar-refractivity contribution in [3.05, 3.63) is 22.2 Å². The number of piperidine rings is 1. The second-order valence-corrected chi connectivity index (χ2v) is 7.87. The SMILES string of the molecule is C[C@@H]1CCC[C@H](C)N1S(=O)(=O)c1c(Cl)cc(N)cc1Cl. The fourth-order valence-electron chi connectivity index (χ4n) is 2.80. The summed E-state index contributed by atoms with van der Waals surface area (Å²) in [4.78, 5) is -0.0457. The van der Waals surface area contributed by atoms with E-state index in [9.17, 15) is 8.42 Å². The van der Waals surface area contributed by atoms with Crippen molar-refractivity contribution < 1.29 is 8.42 Å². The fraction of sp³-hybridized carbons (Fsp3) is 0.538. The predicted molar refractivity (Wildman–Crippen MR) is 82.7 cm³/mol. The Bertz CT molecular complexity index is 586. The third-order valence-corrected chi connectivity index (χ3v) is 6.72. The Hall–Kier alpha value is -0.490. The Labute approximate surface area is 129 Å². The minimum atomic E-state index is -3.72. The van der Waals surface area contributed by atoms with Crippen LogP contribution >= 0.6 is 23.2 Å². The molecule has 0 bridgehead atoms. The van der Waals surface area contributed by atoms with Crippen LogP contribution in [-0.4, -0.2) is 24.8 Å². The zero-order valence-corrected chi connectivity index (χ0v) is 13.8. The van der Waals surface area contributed by atoms with E-state index in [1.54, 1.807) is 0 Å². The van der Waals surface area contributed by atoms with Gasteiger partial charge in [-0.1, -0.05) is 29.6 Å². The van der Waals surface area contributed by atoms with Gasteiger partial charge >= 0.3 is 0 Å². The van der Waals surface area contributed by atoms with E-state index in [0.29, 0.717) is 5.69 Å². The third kappa shape index (κ3) is 2.77. The van der Waals surface area contributed by atoms with Crippen molar-refractivity contribution >= 4 is 38.9 Å². The smallest absolute Gasteiger partial charge is 0.246 e. The zero-order chi connectivity index (χ0) is 15.1. The fourth-order valence-corrected chi connectivity index (χ4v) is 5.87. The highest BCUT2D eigenvalue weighted by Crippen LogP contribution is 2.37. The van der Waals surface area contributed by atoms with Crippen molar-refractivity contribution in [2.24, 2.45) is 0 Å². The van der Waals surface area contributed by atoms with Gasteiger partial charge in [-0.15, -0.1) is 0 Å². The molecule has 2 N–H and O–H groups in total. The topological polar surface area (TPSA) is 63.4 Å². The maximum Gasteiger partial charge on any atom is 0.246 e. The summed E-state index contributed by atoms with van der Waals surface area (Å²) in [5.41, 5.74) is 5.97. The second-order valence-electron chi connectivity index (χ2n) is 5.28. The monoisotopic (exact) mass is 336 g/mol. The van der Waals surface area contributed by atoms with Crippen LogP contribution in [0.15, 0.2) is 17.0 Å². The Morgan fingerprint density at radius 3 is 2.05 bits per heavy atom. The molecule has 7 heteroatoms. The minimum Gasteiger partial charge on any atom is -0.399 e. The van der Waals surface area contributed by atoms with Crippen LogP contribution in [0.3, 0.4) is 0 Å². The molecule has 2 atom stereocenters. The summed E-state index contributed by atoms with van der Waals surface area (Å²) in [6, 6.07) is 2.71. The third-order valence-electron chi connectivity index (χ3n) is 3.67. The Morgan fingerprint density at radius 1 is 1.15 bits per heavy atom. The molecule has 20 heavy (non-hydrogen) atoms. The van der Waals surface area contributed by atoms with E-state index in [-0.39, 0.29) is 27.0 Å². The normalized spacial score (nSPS) is 24.8. The number of anilines is 1. The molecule has 0 amide bonds. The van der Waals surface area contributed by atoms with Gasteiger partial charge in [-0.05, 0) is 38.8 Å². The molecule has 1 saturated heterocycles. The summed E-state index contributed by atoms with van der Waals surface area (Å²) in [6.45, 7) is 3.82. The van der Waals surface area contributed by atoms with E-state index in [0.717, 1.165) is 19.3 Å². The molecule has 1 fully saturated rings. The maximum absolute atomic E-state index is 12.9. The average molecular weight is 337 g/mol. The van der Waals surface area contributed by atoms with E-state index in [2.05, 4.69) is 0 Å². The summed E-state index contributed by atoms with van der Waals surface area (Å²) in [5, 5.41) is 0.139. The number of benzene rings is 1. The van der Waals surface area contributed by atoms with Gasteiger partial charge in [0.1, 0.15) is 4.90 Å². The van der Waals surface area contributed by atoms with Gasteiger partial charge in [0.25, 0.3) is 0 Å². The summed E-state index contributed by atoms with van der Waals surface area (Å²) >= 11 is 12.1. The van der Waals surface area contributed by atoms with Gasteiger partial charge < -0.3 is 5.73 Å². The standard InChI is InChI=1S/C13H18Cl2N2O2S/c1-8-4-3-5-9(2)17(8)20(18,19)13-11(14)6-10(16)7-12(13)15/h6-9H,3-5,16H2,1-2H3/t8-,9+. The molecule has 0 aliphatic carbocycles. The quantitative estimate of drug-likeness (QED) is 0.840. The second kappa shape index (κ2) is 5.72. The van der Waals surface area contributed by atoms with E-state index >= 15 is 0 Å². The molecule has 1 aliphatic rings. The molecular weight excluding hydrogens is 319 g/mol. The average Bonchev–Trinajstić information content (AvgIpc) is 2.25. The van der Waals surface area contributed by atoms with Crippen LogP contribution in [0.2, 0.25) is 10.0 Å². The molecule has 1 aliphatic heterocycles. The molecule has 0 spiro atoms.